The highest BCUT2D eigenvalue weighted by molar-refractivity contribution is 5.88. The SMILES string of the molecule is CC(=O)Nc1cccc([C@H](C)NC(=O)Cc2ccc([N+](=O)[O-])cc2)c1. The van der Waals surface area contributed by atoms with E-state index < -0.39 is 4.92 Å². The minimum absolute atomic E-state index is 0.00712. The van der Waals surface area contributed by atoms with Gasteiger partial charge in [-0.15, -0.1) is 0 Å². The molecule has 0 bridgehead atoms. The van der Waals surface area contributed by atoms with E-state index in [1.807, 2.05) is 13.0 Å². The molecule has 0 aliphatic rings. The maximum Gasteiger partial charge on any atom is 0.269 e. The summed E-state index contributed by atoms with van der Waals surface area (Å²) in [6.07, 6.45) is 0.133. The Kier molecular flexibility index (Phi) is 5.84. The van der Waals surface area contributed by atoms with Crippen molar-refractivity contribution in [3.05, 3.63) is 69.8 Å². The Hall–Kier alpha value is -3.22. The predicted molar refractivity (Wildman–Crippen MR) is 94.1 cm³/mol. The fourth-order valence-electron chi connectivity index (χ4n) is 2.39. The number of rotatable bonds is 6. The van der Waals surface area contributed by atoms with Crippen LogP contribution in [0.4, 0.5) is 11.4 Å². The number of non-ortho nitro benzene ring substituents is 1. The smallest absolute Gasteiger partial charge is 0.269 e. The number of carbonyl (C=O) groups excluding carboxylic acids is 2. The van der Waals surface area contributed by atoms with Crippen LogP contribution in [0.3, 0.4) is 0 Å². The second-order valence-electron chi connectivity index (χ2n) is 5.70. The Balaban J connectivity index is 1.97. The Bertz CT molecular complexity index is 787. The highest BCUT2D eigenvalue weighted by Crippen LogP contribution is 2.18. The van der Waals surface area contributed by atoms with Crippen molar-refractivity contribution in [1.82, 2.24) is 5.32 Å². The maximum absolute atomic E-state index is 12.2. The molecule has 0 saturated heterocycles. The Labute approximate surface area is 145 Å². The molecular weight excluding hydrogens is 322 g/mol. The van der Waals surface area contributed by atoms with Crippen LogP contribution in [0.25, 0.3) is 0 Å². The lowest BCUT2D eigenvalue weighted by Crippen LogP contribution is -2.28. The van der Waals surface area contributed by atoms with Crippen molar-refractivity contribution in [2.24, 2.45) is 0 Å². The number of nitrogens with zero attached hydrogens (tertiary/aromatic N) is 1. The van der Waals surface area contributed by atoms with Crippen molar-refractivity contribution < 1.29 is 14.5 Å². The highest BCUT2D eigenvalue weighted by atomic mass is 16.6. The molecule has 1 atom stereocenters. The molecule has 7 nitrogen and oxygen atoms in total. The fraction of sp³-hybridized carbons (Fsp3) is 0.222. The largest absolute Gasteiger partial charge is 0.349 e. The third-order valence-corrected chi connectivity index (χ3v) is 3.60. The maximum atomic E-state index is 12.2. The summed E-state index contributed by atoms with van der Waals surface area (Å²) in [7, 11) is 0. The lowest BCUT2D eigenvalue weighted by atomic mass is 10.1. The summed E-state index contributed by atoms with van der Waals surface area (Å²) in [6, 6.07) is 12.9. The first kappa shape index (κ1) is 18.1. The number of amides is 2. The van der Waals surface area contributed by atoms with Gasteiger partial charge in [0.05, 0.1) is 17.4 Å². The monoisotopic (exact) mass is 341 g/mol. The summed E-state index contributed by atoms with van der Waals surface area (Å²) < 4.78 is 0. The van der Waals surface area contributed by atoms with E-state index in [1.54, 1.807) is 30.3 Å². The second-order valence-corrected chi connectivity index (χ2v) is 5.70. The van der Waals surface area contributed by atoms with Gasteiger partial charge in [0.1, 0.15) is 0 Å². The van der Waals surface area contributed by atoms with E-state index in [1.165, 1.54) is 19.1 Å². The van der Waals surface area contributed by atoms with Gasteiger partial charge in [0, 0.05) is 24.7 Å². The zero-order valence-corrected chi connectivity index (χ0v) is 14.0. The van der Waals surface area contributed by atoms with Crippen molar-refractivity contribution in [2.75, 3.05) is 5.32 Å². The van der Waals surface area contributed by atoms with Crippen LogP contribution in [0.15, 0.2) is 48.5 Å². The van der Waals surface area contributed by atoms with Gasteiger partial charge in [-0.25, -0.2) is 0 Å². The van der Waals surface area contributed by atoms with Crippen molar-refractivity contribution in [3.63, 3.8) is 0 Å². The van der Waals surface area contributed by atoms with E-state index in [2.05, 4.69) is 10.6 Å². The predicted octanol–water partition coefficient (Wildman–Crippen LogP) is 2.97. The van der Waals surface area contributed by atoms with Gasteiger partial charge in [0.15, 0.2) is 0 Å². The molecule has 0 heterocycles. The number of nitro groups is 1. The Morgan fingerprint density at radius 3 is 2.44 bits per heavy atom. The van der Waals surface area contributed by atoms with Gasteiger partial charge in [0.25, 0.3) is 5.69 Å². The van der Waals surface area contributed by atoms with Crippen LogP contribution in [0.2, 0.25) is 0 Å². The van der Waals surface area contributed by atoms with Gasteiger partial charge in [-0.1, -0.05) is 24.3 Å². The average Bonchev–Trinajstić information content (AvgIpc) is 2.54. The lowest BCUT2D eigenvalue weighted by molar-refractivity contribution is -0.384. The van der Waals surface area contributed by atoms with E-state index in [4.69, 9.17) is 0 Å². The molecule has 0 fully saturated rings. The zero-order valence-electron chi connectivity index (χ0n) is 14.0. The highest BCUT2D eigenvalue weighted by Gasteiger charge is 2.12. The topological polar surface area (TPSA) is 101 Å². The van der Waals surface area contributed by atoms with Crippen LogP contribution < -0.4 is 10.6 Å². The fourth-order valence-corrected chi connectivity index (χ4v) is 2.39. The first-order chi connectivity index (χ1) is 11.8. The molecule has 130 valence electrons. The number of anilines is 1. The summed E-state index contributed by atoms with van der Waals surface area (Å²) in [5.74, 6) is -0.349. The average molecular weight is 341 g/mol. The quantitative estimate of drug-likeness (QED) is 0.623. The molecule has 0 aromatic heterocycles. The third kappa shape index (κ3) is 5.42. The molecule has 2 aromatic rings. The molecular formula is C18H19N3O4. The van der Waals surface area contributed by atoms with Crippen molar-refractivity contribution in [1.29, 1.82) is 0 Å². The molecule has 0 unspecified atom stereocenters. The van der Waals surface area contributed by atoms with E-state index in [0.717, 1.165) is 5.56 Å². The molecule has 7 heteroatoms. The van der Waals surface area contributed by atoms with E-state index in [9.17, 15) is 19.7 Å². The van der Waals surface area contributed by atoms with Crippen molar-refractivity contribution in [2.45, 2.75) is 26.3 Å². The standard InChI is InChI=1S/C18H19N3O4/c1-12(15-4-3-5-16(11-15)20-13(2)22)19-18(23)10-14-6-8-17(9-7-14)21(24)25/h3-9,11-12H,10H2,1-2H3,(H,19,23)(H,20,22)/t12-/m0/s1. The Morgan fingerprint density at radius 2 is 1.84 bits per heavy atom. The number of carbonyl (C=O) groups is 2. The van der Waals surface area contributed by atoms with E-state index in [-0.39, 0.29) is 30.0 Å². The number of benzene rings is 2. The van der Waals surface area contributed by atoms with Gasteiger partial charge in [-0.2, -0.15) is 0 Å². The van der Waals surface area contributed by atoms with E-state index >= 15 is 0 Å². The van der Waals surface area contributed by atoms with Crippen molar-refractivity contribution >= 4 is 23.2 Å². The van der Waals surface area contributed by atoms with Crippen LogP contribution in [-0.4, -0.2) is 16.7 Å². The molecule has 2 aromatic carbocycles. The van der Waals surface area contributed by atoms with E-state index in [0.29, 0.717) is 11.3 Å². The minimum Gasteiger partial charge on any atom is -0.349 e. The summed E-state index contributed by atoms with van der Waals surface area (Å²) in [6.45, 7) is 3.28. The molecule has 0 spiro atoms. The summed E-state index contributed by atoms with van der Waals surface area (Å²) in [4.78, 5) is 33.4. The molecule has 0 aliphatic heterocycles. The molecule has 0 radical (unpaired) electrons. The second kappa shape index (κ2) is 8.05. The first-order valence-corrected chi connectivity index (χ1v) is 7.75. The van der Waals surface area contributed by atoms with Crippen LogP contribution >= 0.6 is 0 Å². The van der Waals surface area contributed by atoms with Gasteiger partial charge < -0.3 is 10.6 Å². The Morgan fingerprint density at radius 1 is 1.16 bits per heavy atom. The van der Waals surface area contributed by atoms with Gasteiger partial charge >= 0.3 is 0 Å². The minimum atomic E-state index is -0.478. The molecule has 2 N–H and O–H groups in total. The van der Waals surface area contributed by atoms with Gasteiger partial charge in [-0.05, 0) is 30.2 Å². The van der Waals surface area contributed by atoms with Crippen LogP contribution in [0, 0.1) is 10.1 Å². The van der Waals surface area contributed by atoms with Crippen LogP contribution in [-0.2, 0) is 16.0 Å². The third-order valence-electron chi connectivity index (χ3n) is 3.60. The number of hydrogen-bond donors (Lipinski definition) is 2. The molecule has 2 rings (SSSR count). The van der Waals surface area contributed by atoms with Crippen LogP contribution in [0.1, 0.15) is 31.0 Å². The normalized spacial score (nSPS) is 11.4. The zero-order chi connectivity index (χ0) is 18.4. The van der Waals surface area contributed by atoms with Crippen LogP contribution in [0.5, 0.6) is 0 Å². The van der Waals surface area contributed by atoms with Crippen molar-refractivity contribution in [3.8, 4) is 0 Å². The summed E-state index contributed by atoms with van der Waals surface area (Å²) in [5, 5.41) is 16.2. The lowest BCUT2D eigenvalue weighted by Gasteiger charge is -2.15. The molecule has 0 saturated carbocycles. The number of nitrogens with one attached hydrogen (secondary N) is 2. The summed E-state index contributed by atoms with van der Waals surface area (Å²) >= 11 is 0. The number of nitro benzene ring substituents is 1. The molecule has 0 aliphatic carbocycles. The first-order valence-electron chi connectivity index (χ1n) is 7.75. The van der Waals surface area contributed by atoms with Gasteiger partial charge in [-0.3, -0.25) is 19.7 Å². The van der Waals surface area contributed by atoms with Gasteiger partial charge in [0.2, 0.25) is 11.8 Å². The molecule has 25 heavy (non-hydrogen) atoms. The number of hydrogen-bond acceptors (Lipinski definition) is 4. The summed E-state index contributed by atoms with van der Waals surface area (Å²) in [5.41, 5.74) is 2.22. The molecule has 2 amide bonds.